The molecule has 0 bridgehead atoms. The van der Waals surface area contributed by atoms with E-state index in [1.807, 2.05) is 0 Å². The molecule has 0 radical (unpaired) electrons. The number of benzene rings is 1. The first kappa shape index (κ1) is 12.0. The second-order valence-electron chi connectivity index (χ2n) is 5.13. The number of rotatable bonds is 4. The van der Waals surface area contributed by atoms with Crippen LogP contribution in [0.15, 0.2) is 30.4 Å². The molecule has 0 aromatic heterocycles. The molecule has 1 fully saturated rings. The van der Waals surface area contributed by atoms with E-state index in [0.29, 0.717) is 23.4 Å². The largest absolute Gasteiger partial charge is 0.495 e. The Morgan fingerprint density at radius 1 is 1.47 bits per heavy atom. The maximum absolute atomic E-state index is 10.8. The second kappa shape index (κ2) is 4.57. The Bertz CT molecular complexity index is 541. The average Bonchev–Trinajstić information content (AvgIpc) is 2.77. The van der Waals surface area contributed by atoms with Gasteiger partial charge in [-0.25, -0.2) is 0 Å². The summed E-state index contributed by atoms with van der Waals surface area (Å²) in [6, 6.07) is 5.01. The normalized spacial score (nSPS) is 27.5. The van der Waals surface area contributed by atoms with E-state index in [2.05, 4.69) is 17.5 Å². The first-order valence-electron chi connectivity index (χ1n) is 6.44. The summed E-state index contributed by atoms with van der Waals surface area (Å²) in [7, 11) is 1.57. The lowest BCUT2D eigenvalue weighted by molar-refractivity contribution is -0.384. The minimum Gasteiger partial charge on any atom is -0.495 e. The minimum absolute atomic E-state index is 0.0844. The molecule has 5 nitrogen and oxygen atoms in total. The number of non-ortho nitro benzene ring substituents is 1. The number of nitrogens with one attached hydrogen (secondary N) is 1. The monoisotopic (exact) mass is 260 g/mol. The van der Waals surface area contributed by atoms with Crippen LogP contribution in [0.2, 0.25) is 0 Å². The van der Waals surface area contributed by atoms with Crippen molar-refractivity contribution in [2.24, 2.45) is 11.8 Å². The Morgan fingerprint density at radius 3 is 3.00 bits per heavy atom. The summed E-state index contributed by atoms with van der Waals surface area (Å²) in [5, 5.41) is 14.2. The second-order valence-corrected chi connectivity index (χ2v) is 5.13. The van der Waals surface area contributed by atoms with Gasteiger partial charge in [0.15, 0.2) is 0 Å². The van der Waals surface area contributed by atoms with Gasteiger partial charge in [-0.2, -0.15) is 0 Å². The zero-order valence-electron chi connectivity index (χ0n) is 10.7. The summed E-state index contributed by atoms with van der Waals surface area (Å²) >= 11 is 0. The van der Waals surface area contributed by atoms with Gasteiger partial charge in [0.1, 0.15) is 5.75 Å². The highest BCUT2D eigenvalue weighted by atomic mass is 16.6. The van der Waals surface area contributed by atoms with Crippen molar-refractivity contribution in [2.45, 2.75) is 18.9 Å². The minimum atomic E-state index is -0.385. The molecule has 19 heavy (non-hydrogen) atoms. The van der Waals surface area contributed by atoms with Crippen LogP contribution in [0.5, 0.6) is 5.75 Å². The van der Waals surface area contributed by atoms with Crippen LogP contribution in [0.3, 0.4) is 0 Å². The maximum atomic E-state index is 10.8. The average molecular weight is 260 g/mol. The quantitative estimate of drug-likeness (QED) is 0.513. The number of ether oxygens (including phenoxy) is 1. The summed E-state index contributed by atoms with van der Waals surface area (Å²) in [4.78, 5) is 10.4. The van der Waals surface area contributed by atoms with Crippen molar-refractivity contribution in [3.63, 3.8) is 0 Å². The molecule has 1 aromatic rings. The molecule has 0 saturated heterocycles. The molecule has 0 heterocycles. The smallest absolute Gasteiger partial charge is 0.271 e. The highest BCUT2D eigenvalue weighted by Crippen LogP contribution is 2.45. The molecule has 0 amide bonds. The highest BCUT2D eigenvalue weighted by molar-refractivity contribution is 5.62. The van der Waals surface area contributed by atoms with E-state index < -0.39 is 0 Å². The van der Waals surface area contributed by atoms with Crippen molar-refractivity contribution in [3.05, 3.63) is 40.5 Å². The van der Waals surface area contributed by atoms with Crippen LogP contribution in [0.25, 0.3) is 0 Å². The molecular weight excluding hydrogens is 244 g/mol. The number of hydrogen-bond acceptors (Lipinski definition) is 4. The molecule has 3 rings (SSSR count). The fourth-order valence-corrected chi connectivity index (χ4v) is 3.01. The van der Waals surface area contributed by atoms with Crippen LogP contribution in [-0.4, -0.2) is 18.1 Å². The third-order valence-electron chi connectivity index (χ3n) is 4.10. The van der Waals surface area contributed by atoms with E-state index in [9.17, 15) is 10.1 Å². The number of nitro groups is 1. The molecule has 100 valence electrons. The van der Waals surface area contributed by atoms with E-state index in [-0.39, 0.29) is 10.6 Å². The predicted octanol–water partition coefficient (Wildman–Crippen LogP) is 2.98. The number of allylic oxidation sites excluding steroid dienone is 1. The van der Waals surface area contributed by atoms with Crippen molar-refractivity contribution >= 4 is 11.4 Å². The van der Waals surface area contributed by atoms with Gasteiger partial charge >= 0.3 is 0 Å². The lowest BCUT2D eigenvalue weighted by Crippen LogP contribution is -2.43. The van der Waals surface area contributed by atoms with Crippen LogP contribution < -0.4 is 10.1 Å². The van der Waals surface area contributed by atoms with E-state index in [1.54, 1.807) is 19.2 Å². The first-order valence-corrected chi connectivity index (χ1v) is 6.44. The van der Waals surface area contributed by atoms with Crippen molar-refractivity contribution in [1.82, 2.24) is 0 Å². The zero-order valence-corrected chi connectivity index (χ0v) is 10.7. The summed E-state index contributed by atoms with van der Waals surface area (Å²) in [6.07, 6.45) is 6.75. The third kappa shape index (κ3) is 2.05. The van der Waals surface area contributed by atoms with Gasteiger partial charge in [0, 0.05) is 24.1 Å². The van der Waals surface area contributed by atoms with Gasteiger partial charge in [0.05, 0.1) is 17.7 Å². The Balaban J connectivity index is 1.80. The molecule has 3 atom stereocenters. The SMILES string of the molecule is COc1ccc([N+](=O)[O-])cc1NC1CC2CC=CC21. The number of nitro benzene ring substituents is 1. The van der Waals surface area contributed by atoms with Crippen LogP contribution in [-0.2, 0) is 0 Å². The lowest BCUT2D eigenvalue weighted by Gasteiger charge is -2.41. The summed E-state index contributed by atoms with van der Waals surface area (Å²) in [6.45, 7) is 0. The van der Waals surface area contributed by atoms with Gasteiger partial charge in [0.2, 0.25) is 0 Å². The third-order valence-corrected chi connectivity index (χ3v) is 4.10. The van der Waals surface area contributed by atoms with E-state index in [4.69, 9.17) is 4.74 Å². The Labute approximate surface area is 111 Å². The Morgan fingerprint density at radius 2 is 2.32 bits per heavy atom. The standard InChI is InChI=1S/C14H16N2O3/c1-19-14-6-5-10(16(17)18)8-13(14)15-12-7-9-3-2-4-11(9)12/h2,4-6,8-9,11-12,15H,3,7H2,1H3. The van der Waals surface area contributed by atoms with Gasteiger partial charge in [0.25, 0.3) is 5.69 Å². The summed E-state index contributed by atoms with van der Waals surface area (Å²) < 4.78 is 5.26. The molecule has 1 aromatic carbocycles. The summed E-state index contributed by atoms with van der Waals surface area (Å²) in [5.74, 6) is 1.96. The number of fused-ring (bicyclic) bond motifs is 1. The zero-order chi connectivity index (χ0) is 13.4. The van der Waals surface area contributed by atoms with Gasteiger partial charge in [-0.15, -0.1) is 0 Å². The molecule has 2 aliphatic carbocycles. The van der Waals surface area contributed by atoms with Crippen molar-refractivity contribution < 1.29 is 9.66 Å². The fourth-order valence-electron chi connectivity index (χ4n) is 3.01. The number of hydrogen-bond donors (Lipinski definition) is 1. The van der Waals surface area contributed by atoms with Crippen LogP contribution in [0.1, 0.15) is 12.8 Å². The van der Waals surface area contributed by atoms with Gasteiger partial charge < -0.3 is 10.1 Å². The lowest BCUT2D eigenvalue weighted by atomic mass is 9.71. The summed E-state index contributed by atoms with van der Waals surface area (Å²) in [5.41, 5.74) is 0.793. The Kier molecular flexibility index (Phi) is 2.89. The Hall–Kier alpha value is -2.04. The number of nitrogens with zero attached hydrogens (tertiary/aromatic N) is 1. The molecule has 1 saturated carbocycles. The van der Waals surface area contributed by atoms with Crippen LogP contribution in [0.4, 0.5) is 11.4 Å². The number of methoxy groups -OCH3 is 1. The van der Waals surface area contributed by atoms with Crippen molar-refractivity contribution in [2.75, 3.05) is 12.4 Å². The molecular formula is C14H16N2O3. The fraction of sp³-hybridized carbons (Fsp3) is 0.429. The molecule has 2 aliphatic rings. The number of anilines is 1. The molecule has 3 unspecified atom stereocenters. The van der Waals surface area contributed by atoms with Crippen LogP contribution in [0, 0.1) is 22.0 Å². The van der Waals surface area contributed by atoms with Gasteiger partial charge in [-0.3, -0.25) is 10.1 Å². The van der Waals surface area contributed by atoms with Gasteiger partial charge in [-0.1, -0.05) is 12.2 Å². The topological polar surface area (TPSA) is 64.4 Å². The van der Waals surface area contributed by atoms with Crippen LogP contribution >= 0.6 is 0 Å². The van der Waals surface area contributed by atoms with E-state index in [0.717, 1.165) is 18.8 Å². The molecule has 0 spiro atoms. The first-order chi connectivity index (χ1) is 9.19. The van der Waals surface area contributed by atoms with E-state index in [1.165, 1.54) is 6.07 Å². The van der Waals surface area contributed by atoms with E-state index >= 15 is 0 Å². The van der Waals surface area contributed by atoms with Gasteiger partial charge in [-0.05, 0) is 24.8 Å². The predicted molar refractivity (Wildman–Crippen MR) is 72.4 cm³/mol. The molecule has 5 heteroatoms. The highest BCUT2D eigenvalue weighted by Gasteiger charge is 2.41. The van der Waals surface area contributed by atoms with Crippen molar-refractivity contribution in [3.8, 4) is 5.75 Å². The molecule has 0 aliphatic heterocycles. The van der Waals surface area contributed by atoms with Crippen molar-refractivity contribution in [1.29, 1.82) is 0 Å². The molecule has 1 N–H and O–H groups in total. The maximum Gasteiger partial charge on any atom is 0.271 e.